The van der Waals surface area contributed by atoms with Crippen molar-refractivity contribution in [2.24, 2.45) is 0 Å². The molecular formula is C11H16N2O2S. The number of hydrogen-bond acceptors (Lipinski definition) is 3. The molecule has 0 spiro atoms. The Hall–Kier alpha value is -1.33. The van der Waals surface area contributed by atoms with E-state index in [1.807, 2.05) is 24.3 Å². The van der Waals surface area contributed by atoms with Gasteiger partial charge in [0, 0.05) is 13.6 Å². The first kappa shape index (κ1) is 12.7. The topological polar surface area (TPSA) is 53.5 Å². The first-order valence-electron chi connectivity index (χ1n) is 4.95. The lowest BCUT2D eigenvalue weighted by Gasteiger charge is -2.13. The predicted octanol–water partition coefficient (Wildman–Crippen LogP) is 0.822. The molecule has 1 rings (SSSR count). The summed E-state index contributed by atoms with van der Waals surface area (Å²) in [6.07, 6.45) is -0.586. The quantitative estimate of drug-likeness (QED) is 0.680. The van der Waals surface area contributed by atoms with Crippen LogP contribution >= 0.6 is 12.2 Å². The summed E-state index contributed by atoms with van der Waals surface area (Å²) in [4.78, 5) is 0. The van der Waals surface area contributed by atoms with Gasteiger partial charge in [0.05, 0.1) is 13.2 Å². The SMILES string of the molecule is CNC(=S)NCC(O)c1ccc(OC)cc1. The second kappa shape index (κ2) is 6.30. The summed E-state index contributed by atoms with van der Waals surface area (Å²) in [7, 11) is 3.34. The Morgan fingerprint density at radius 2 is 2.06 bits per heavy atom. The molecule has 0 saturated heterocycles. The van der Waals surface area contributed by atoms with Crippen molar-refractivity contribution in [1.82, 2.24) is 10.6 Å². The van der Waals surface area contributed by atoms with Crippen LogP contribution in [0.2, 0.25) is 0 Å². The molecule has 0 aliphatic rings. The zero-order valence-electron chi connectivity index (χ0n) is 9.36. The molecule has 0 fully saturated rings. The molecule has 3 N–H and O–H groups in total. The van der Waals surface area contributed by atoms with E-state index in [1.165, 1.54) is 0 Å². The van der Waals surface area contributed by atoms with E-state index < -0.39 is 6.10 Å². The molecule has 0 saturated carbocycles. The van der Waals surface area contributed by atoms with Crippen molar-refractivity contribution in [1.29, 1.82) is 0 Å². The van der Waals surface area contributed by atoms with Crippen molar-refractivity contribution in [3.63, 3.8) is 0 Å². The fourth-order valence-electron chi connectivity index (χ4n) is 1.22. The molecule has 1 atom stereocenters. The zero-order valence-corrected chi connectivity index (χ0v) is 10.2. The van der Waals surface area contributed by atoms with E-state index in [9.17, 15) is 5.11 Å². The lowest BCUT2D eigenvalue weighted by Crippen LogP contribution is -2.35. The van der Waals surface area contributed by atoms with Crippen LogP contribution < -0.4 is 15.4 Å². The number of ether oxygens (including phenoxy) is 1. The van der Waals surface area contributed by atoms with Gasteiger partial charge in [-0.25, -0.2) is 0 Å². The number of rotatable bonds is 4. The molecule has 0 aliphatic carbocycles. The van der Waals surface area contributed by atoms with Crippen molar-refractivity contribution < 1.29 is 9.84 Å². The number of thiocarbonyl (C=S) groups is 1. The molecule has 0 aliphatic heterocycles. The molecule has 0 amide bonds. The summed E-state index contributed by atoms with van der Waals surface area (Å²) in [6.45, 7) is 0.381. The minimum Gasteiger partial charge on any atom is -0.497 e. The molecule has 0 bridgehead atoms. The van der Waals surface area contributed by atoms with Crippen LogP contribution in [0.25, 0.3) is 0 Å². The lowest BCUT2D eigenvalue weighted by atomic mass is 10.1. The number of aliphatic hydroxyl groups excluding tert-OH is 1. The predicted molar refractivity (Wildman–Crippen MR) is 67.6 cm³/mol. The fraction of sp³-hybridized carbons (Fsp3) is 0.364. The van der Waals surface area contributed by atoms with Gasteiger partial charge in [-0.1, -0.05) is 12.1 Å². The molecule has 4 nitrogen and oxygen atoms in total. The molecule has 0 radical (unpaired) electrons. The number of hydrogen-bond donors (Lipinski definition) is 3. The largest absolute Gasteiger partial charge is 0.497 e. The zero-order chi connectivity index (χ0) is 12.0. The van der Waals surface area contributed by atoms with Crippen LogP contribution in [-0.4, -0.2) is 30.9 Å². The maximum atomic E-state index is 9.84. The van der Waals surface area contributed by atoms with Gasteiger partial charge in [-0.3, -0.25) is 0 Å². The number of benzene rings is 1. The maximum Gasteiger partial charge on any atom is 0.166 e. The van der Waals surface area contributed by atoms with E-state index >= 15 is 0 Å². The first-order valence-corrected chi connectivity index (χ1v) is 5.35. The first-order chi connectivity index (χ1) is 7.67. The summed E-state index contributed by atoms with van der Waals surface area (Å²) < 4.78 is 5.04. The summed E-state index contributed by atoms with van der Waals surface area (Å²) in [5.41, 5.74) is 0.826. The van der Waals surface area contributed by atoms with E-state index in [1.54, 1.807) is 14.2 Å². The number of aliphatic hydroxyl groups is 1. The third kappa shape index (κ3) is 3.67. The monoisotopic (exact) mass is 240 g/mol. The summed E-state index contributed by atoms with van der Waals surface area (Å²) >= 11 is 4.91. The van der Waals surface area contributed by atoms with Gasteiger partial charge in [0.25, 0.3) is 0 Å². The molecule has 5 heteroatoms. The normalized spacial score (nSPS) is 11.7. The number of nitrogens with one attached hydrogen (secondary N) is 2. The highest BCUT2D eigenvalue weighted by Crippen LogP contribution is 2.16. The third-order valence-corrected chi connectivity index (χ3v) is 2.53. The average molecular weight is 240 g/mol. The Morgan fingerprint density at radius 3 is 2.56 bits per heavy atom. The third-order valence-electron chi connectivity index (χ3n) is 2.18. The summed E-state index contributed by atoms with van der Waals surface area (Å²) in [5.74, 6) is 0.773. The van der Waals surface area contributed by atoms with E-state index in [0.29, 0.717) is 11.7 Å². The Bertz CT molecular complexity index is 340. The Morgan fingerprint density at radius 1 is 1.44 bits per heavy atom. The number of methoxy groups -OCH3 is 1. The summed E-state index contributed by atoms with van der Waals surface area (Å²) in [6, 6.07) is 7.28. The van der Waals surface area contributed by atoms with Gasteiger partial charge >= 0.3 is 0 Å². The van der Waals surface area contributed by atoms with Crippen LogP contribution in [0.15, 0.2) is 24.3 Å². The average Bonchev–Trinajstić information content (AvgIpc) is 2.35. The van der Waals surface area contributed by atoms with Crippen LogP contribution in [0.5, 0.6) is 5.75 Å². The smallest absolute Gasteiger partial charge is 0.166 e. The fourth-order valence-corrected chi connectivity index (χ4v) is 1.31. The molecule has 0 aromatic heterocycles. The standard InChI is InChI=1S/C11H16N2O2S/c1-12-11(16)13-7-10(14)8-3-5-9(15-2)6-4-8/h3-6,10,14H,7H2,1-2H3,(H2,12,13,16). The van der Waals surface area contributed by atoms with Crippen molar-refractivity contribution >= 4 is 17.3 Å². The van der Waals surface area contributed by atoms with Gasteiger partial charge in [-0.2, -0.15) is 0 Å². The molecule has 1 aromatic carbocycles. The maximum absolute atomic E-state index is 9.84. The minimum atomic E-state index is -0.586. The molecule has 1 unspecified atom stereocenters. The van der Waals surface area contributed by atoms with Crippen molar-refractivity contribution in [2.75, 3.05) is 20.7 Å². The van der Waals surface area contributed by atoms with Gasteiger partial charge in [0.15, 0.2) is 5.11 Å². The van der Waals surface area contributed by atoms with Crippen molar-refractivity contribution in [3.05, 3.63) is 29.8 Å². The molecular weight excluding hydrogens is 224 g/mol. The van der Waals surface area contributed by atoms with E-state index in [-0.39, 0.29) is 0 Å². The van der Waals surface area contributed by atoms with Crippen LogP contribution in [0, 0.1) is 0 Å². The highest BCUT2D eigenvalue weighted by atomic mass is 32.1. The highest BCUT2D eigenvalue weighted by Gasteiger charge is 2.07. The Labute approximate surface area is 101 Å². The Balaban J connectivity index is 2.52. The van der Waals surface area contributed by atoms with E-state index in [4.69, 9.17) is 17.0 Å². The van der Waals surface area contributed by atoms with Crippen molar-refractivity contribution in [3.8, 4) is 5.75 Å². The van der Waals surface area contributed by atoms with Crippen LogP contribution in [0.1, 0.15) is 11.7 Å². The lowest BCUT2D eigenvalue weighted by molar-refractivity contribution is 0.181. The highest BCUT2D eigenvalue weighted by molar-refractivity contribution is 7.80. The van der Waals surface area contributed by atoms with Gasteiger partial charge in [-0.15, -0.1) is 0 Å². The minimum absolute atomic E-state index is 0.381. The van der Waals surface area contributed by atoms with Gasteiger partial charge in [0.1, 0.15) is 5.75 Å². The van der Waals surface area contributed by atoms with Crippen LogP contribution in [0.3, 0.4) is 0 Å². The second-order valence-corrected chi connectivity index (χ2v) is 3.66. The van der Waals surface area contributed by atoms with Crippen LogP contribution in [0.4, 0.5) is 0 Å². The molecule has 0 heterocycles. The molecule has 1 aromatic rings. The van der Waals surface area contributed by atoms with Crippen molar-refractivity contribution in [2.45, 2.75) is 6.10 Å². The van der Waals surface area contributed by atoms with E-state index in [0.717, 1.165) is 11.3 Å². The van der Waals surface area contributed by atoms with Gasteiger partial charge < -0.3 is 20.5 Å². The van der Waals surface area contributed by atoms with E-state index in [2.05, 4.69) is 10.6 Å². The summed E-state index contributed by atoms with van der Waals surface area (Å²) in [5, 5.41) is 16.0. The van der Waals surface area contributed by atoms with Crippen LogP contribution in [-0.2, 0) is 0 Å². The molecule has 88 valence electrons. The van der Waals surface area contributed by atoms with Gasteiger partial charge in [0.2, 0.25) is 0 Å². The second-order valence-electron chi connectivity index (χ2n) is 3.25. The van der Waals surface area contributed by atoms with Gasteiger partial charge in [-0.05, 0) is 29.9 Å². The molecule has 16 heavy (non-hydrogen) atoms. The Kier molecular flexibility index (Phi) is 5.01.